The summed E-state index contributed by atoms with van der Waals surface area (Å²) < 4.78 is 1.86. The van der Waals surface area contributed by atoms with Gasteiger partial charge in [0.05, 0.1) is 11.6 Å². The fourth-order valence-corrected chi connectivity index (χ4v) is 2.79. The van der Waals surface area contributed by atoms with E-state index in [0.29, 0.717) is 22.8 Å². The second-order valence-corrected chi connectivity index (χ2v) is 5.98. The number of guanidine groups is 1. The average Bonchev–Trinajstić information content (AvgIpc) is 2.76. The van der Waals surface area contributed by atoms with Crippen LogP contribution >= 0.6 is 47.2 Å². The highest BCUT2D eigenvalue weighted by atomic mass is 127. The molecule has 1 unspecified atom stereocenters. The van der Waals surface area contributed by atoms with Crippen LogP contribution in [0.4, 0.5) is 0 Å². The number of likely N-dealkylation sites (N-methyl/N-ethyl adjacent to an activating group) is 1. The van der Waals surface area contributed by atoms with E-state index in [0.717, 1.165) is 31.3 Å². The highest BCUT2D eigenvalue weighted by Crippen LogP contribution is 2.24. The second kappa shape index (κ2) is 11.4. The number of hydrogen-bond donors (Lipinski definition) is 2. The zero-order chi connectivity index (χ0) is 16.7. The summed E-state index contributed by atoms with van der Waals surface area (Å²) in [7, 11) is 3.66. The standard InChI is InChI=1S/C15H27Cl2N5.HI/c1-6-22(7-2)11(3)9-19-15(18-4)20-10-12-8-13(16)14(17)21(12)5;/h8,11H,6-7,9-10H2,1-5H3,(H2,18,19,20);1H. The van der Waals surface area contributed by atoms with Crippen LogP contribution < -0.4 is 10.6 Å². The van der Waals surface area contributed by atoms with Gasteiger partial charge in [-0.15, -0.1) is 24.0 Å². The Balaban J connectivity index is 0.00000484. The molecular weight excluding hydrogens is 448 g/mol. The SMILES string of the molecule is CCN(CC)C(C)CNC(=NC)NCc1cc(Cl)c(Cl)n1C.I. The first kappa shape index (κ1) is 22.8. The molecule has 0 saturated heterocycles. The number of hydrogen-bond acceptors (Lipinski definition) is 2. The van der Waals surface area contributed by atoms with Crippen LogP contribution in [0, 0.1) is 0 Å². The fourth-order valence-electron chi connectivity index (χ4n) is 2.37. The van der Waals surface area contributed by atoms with E-state index in [4.69, 9.17) is 23.2 Å². The van der Waals surface area contributed by atoms with Crippen molar-refractivity contribution in [2.75, 3.05) is 26.7 Å². The van der Waals surface area contributed by atoms with Crippen LogP contribution in [0.2, 0.25) is 10.2 Å². The van der Waals surface area contributed by atoms with E-state index in [2.05, 4.69) is 41.3 Å². The van der Waals surface area contributed by atoms with Crippen LogP contribution in [0.25, 0.3) is 0 Å². The Morgan fingerprint density at radius 3 is 2.35 bits per heavy atom. The van der Waals surface area contributed by atoms with E-state index < -0.39 is 0 Å². The first-order chi connectivity index (χ1) is 10.4. The van der Waals surface area contributed by atoms with Gasteiger partial charge in [-0.3, -0.25) is 9.89 Å². The maximum absolute atomic E-state index is 6.07. The van der Waals surface area contributed by atoms with Gasteiger partial charge in [0, 0.05) is 32.4 Å². The Hall–Kier alpha value is -0.180. The number of aromatic nitrogens is 1. The molecule has 1 rings (SSSR count). The van der Waals surface area contributed by atoms with Crippen LogP contribution in [0.15, 0.2) is 11.1 Å². The maximum Gasteiger partial charge on any atom is 0.191 e. The third kappa shape index (κ3) is 6.68. The van der Waals surface area contributed by atoms with Gasteiger partial charge in [0.2, 0.25) is 0 Å². The van der Waals surface area contributed by atoms with Gasteiger partial charge in [-0.05, 0) is 26.1 Å². The molecule has 5 nitrogen and oxygen atoms in total. The van der Waals surface area contributed by atoms with E-state index >= 15 is 0 Å². The van der Waals surface area contributed by atoms with Gasteiger partial charge in [0.15, 0.2) is 5.96 Å². The largest absolute Gasteiger partial charge is 0.355 e. The van der Waals surface area contributed by atoms with Crippen molar-refractivity contribution in [3.63, 3.8) is 0 Å². The van der Waals surface area contributed by atoms with Crippen LogP contribution in [-0.4, -0.2) is 48.2 Å². The van der Waals surface area contributed by atoms with E-state index in [-0.39, 0.29) is 24.0 Å². The minimum atomic E-state index is 0. The second-order valence-electron chi connectivity index (χ2n) is 5.21. The van der Waals surface area contributed by atoms with Gasteiger partial charge in [0.1, 0.15) is 5.15 Å². The number of nitrogens with zero attached hydrogens (tertiary/aromatic N) is 3. The zero-order valence-electron chi connectivity index (χ0n) is 14.5. The molecule has 0 aliphatic heterocycles. The summed E-state index contributed by atoms with van der Waals surface area (Å²) in [4.78, 5) is 6.65. The topological polar surface area (TPSA) is 44.6 Å². The molecule has 0 aliphatic rings. The molecule has 0 radical (unpaired) electrons. The Morgan fingerprint density at radius 1 is 1.30 bits per heavy atom. The molecule has 0 bridgehead atoms. The van der Waals surface area contributed by atoms with Crippen molar-refractivity contribution in [1.82, 2.24) is 20.1 Å². The van der Waals surface area contributed by atoms with Gasteiger partial charge >= 0.3 is 0 Å². The van der Waals surface area contributed by atoms with Gasteiger partial charge in [0.25, 0.3) is 0 Å². The molecular formula is C15H28Cl2IN5. The number of nitrogens with one attached hydrogen (secondary N) is 2. The lowest BCUT2D eigenvalue weighted by molar-refractivity contribution is 0.231. The molecule has 0 aromatic carbocycles. The van der Waals surface area contributed by atoms with Crippen molar-refractivity contribution in [2.24, 2.45) is 12.0 Å². The minimum Gasteiger partial charge on any atom is -0.355 e. The lowest BCUT2D eigenvalue weighted by Gasteiger charge is -2.27. The van der Waals surface area contributed by atoms with Crippen molar-refractivity contribution >= 4 is 53.1 Å². The van der Waals surface area contributed by atoms with Crippen molar-refractivity contribution in [1.29, 1.82) is 0 Å². The molecule has 0 amide bonds. The van der Waals surface area contributed by atoms with Crippen molar-refractivity contribution < 1.29 is 0 Å². The summed E-state index contributed by atoms with van der Waals surface area (Å²) in [5.41, 5.74) is 1.01. The summed E-state index contributed by atoms with van der Waals surface area (Å²) in [6.45, 7) is 10.1. The van der Waals surface area contributed by atoms with Crippen LogP contribution in [0.3, 0.4) is 0 Å². The Bertz CT molecular complexity index is 500. The first-order valence-electron chi connectivity index (χ1n) is 7.62. The average molecular weight is 476 g/mol. The normalized spacial score (nSPS) is 13.0. The molecule has 0 saturated carbocycles. The molecule has 1 aromatic heterocycles. The quantitative estimate of drug-likeness (QED) is 0.361. The van der Waals surface area contributed by atoms with Crippen LogP contribution in [0.5, 0.6) is 0 Å². The number of rotatable bonds is 7. The molecule has 134 valence electrons. The molecule has 1 atom stereocenters. The van der Waals surface area contributed by atoms with Crippen molar-refractivity contribution in [2.45, 2.75) is 33.4 Å². The predicted molar refractivity (Wildman–Crippen MR) is 111 cm³/mol. The predicted octanol–water partition coefficient (Wildman–Crippen LogP) is 3.35. The van der Waals surface area contributed by atoms with E-state index in [9.17, 15) is 0 Å². The molecule has 0 fully saturated rings. The smallest absolute Gasteiger partial charge is 0.191 e. The summed E-state index contributed by atoms with van der Waals surface area (Å²) in [6.07, 6.45) is 0. The minimum absolute atomic E-state index is 0. The van der Waals surface area contributed by atoms with E-state index in [1.165, 1.54) is 0 Å². The van der Waals surface area contributed by atoms with Gasteiger partial charge < -0.3 is 15.2 Å². The summed E-state index contributed by atoms with van der Waals surface area (Å²) in [5, 5.41) is 7.75. The monoisotopic (exact) mass is 475 g/mol. The summed E-state index contributed by atoms with van der Waals surface area (Å²) in [6, 6.07) is 2.32. The lowest BCUT2D eigenvalue weighted by Crippen LogP contribution is -2.45. The number of halogens is 3. The molecule has 1 aromatic rings. The van der Waals surface area contributed by atoms with Crippen LogP contribution in [-0.2, 0) is 13.6 Å². The Labute approximate surface area is 166 Å². The molecule has 8 heteroatoms. The summed E-state index contributed by atoms with van der Waals surface area (Å²) >= 11 is 12.1. The van der Waals surface area contributed by atoms with Gasteiger partial charge in [-0.1, -0.05) is 37.0 Å². The molecule has 0 aliphatic carbocycles. The number of aliphatic imine (C=N–C) groups is 1. The molecule has 2 N–H and O–H groups in total. The third-order valence-electron chi connectivity index (χ3n) is 3.88. The van der Waals surface area contributed by atoms with E-state index in [1.807, 2.05) is 17.7 Å². The molecule has 0 spiro atoms. The third-order valence-corrected chi connectivity index (χ3v) is 4.72. The van der Waals surface area contributed by atoms with Crippen molar-refractivity contribution in [3.8, 4) is 0 Å². The fraction of sp³-hybridized carbons (Fsp3) is 0.667. The molecule has 1 heterocycles. The molecule has 23 heavy (non-hydrogen) atoms. The Morgan fingerprint density at radius 2 is 1.91 bits per heavy atom. The highest BCUT2D eigenvalue weighted by Gasteiger charge is 2.12. The van der Waals surface area contributed by atoms with E-state index in [1.54, 1.807) is 7.05 Å². The zero-order valence-corrected chi connectivity index (χ0v) is 18.3. The lowest BCUT2D eigenvalue weighted by atomic mass is 10.3. The highest BCUT2D eigenvalue weighted by molar-refractivity contribution is 14.0. The maximum atomic E-state index is 6.07. The Kier molecular flexibility index (Phi) is 11.3. The van der Waals surface area contributed by atoms with Gasteiger partial charge in [-0.2, -0.15) is 0 Å². The first-order valence-corrected chi connectivity index (χ1v) is 8.38. The summed E-state index contributed by atoms with van der Waals surface area (Å²) in [5.74, 6) is 0.771. The van der Waals surface area contributed by atoms with Crippen molar-refractivity contribution in [3.05, 3.63) is 21.9 Å². The van der Waals surface area contributed by atoms with Crippen LogP contribution in [0.1, 0.15) is 26.5 Å². The van der Waals surface area contributed by atoms with Gasteiger partial charge in [-0.25, -0.2) is 0 Å².